The third-order valence-corrected chi connectivity index (χ3v) is 5.33. The van der Waals surface area contributed by atoms with Crippen LogP contribution in [0.15, 0.2) is 18.2 Å². The van der Waals surface area contributed by atoms with Gasteiger partial charge in [-0.2, -0.15) is 0 Å². The van der Waals surface area contributed by atoms with Crippen molar-refractivity contribution in [1.82, 2.24) is 0 Å². The number of piperidine rings is 1. The number of hydrogen-bond acceptors (Lipinski definition) is 2. The van der Waals surface area contributed by atoms with Crippen LogP contribution in [0, 0.1) is 11.2 Å². The summed E-state index contributed by atoms with van der Waals surface area (Å²) in [5, 5.41) is 9.41. The van der Waals surface area contributed by atoms with E-state index in [0.29, 0.717) is 11.0 Å². The topological polar surface area (TPSA) is 23.5 Å². The first kappa shape index (κ1) is 13.9. The van der Waals surface area contributed by atoms with Gasteiger partial charge in [0.05, 0.1) is 6.61 Å². The SMILES string of the molecule is OCc1c(F)cccc1N1CCC2(CCCCC2)CC1. The summed E-state index contributed by atoms with van der Waals surface area (Å²) in [6.07, 6.45) is 9.32. The Labute approximate surface area is 120 Å². The van der Waals surface area contributed by atoms with E-state index < -0.39 is 0 Å². The molecule has 2 aliphatic rings. The average Bonchev–Trinajstić information content (AvgIpc) is 2.49. The van der Waals surface area contributed by atoms with E-state index in [-0.39, 0.29) is 12.4 Å². The van der Waals surface area contributed by atoms with Crippen LogP contribution in [0.3, 0.4) is 0 Å². The summed E-state index contributed by atoms with van der Waals surface area (Å²) in [5.41, 5.74) is 1.90. The quantitative estimate of drug-likeness (QED) is 0.887. The average molecular weight is 277 g/mol. The van der Waals surface area contributed by atoms with Crippen molar-refractivity contribution in [1.29, 1.82) is 0 Å². The van der Waals surface area contributed by atoms with Crippen LogP contribution in [0.2, 0.25) is 0 Å². The van der Waals surface area contributed by atoms with Gasteiger partial charge in [0, 0.05) is 24.3 Å². The van der Waals surface area contributed by atoms with Crippen molar-refractivity contribution < 1.29 is 9.50 Å². The smallest absolute Gasteiger partial charge is 0.130 e. The highest BCUT2D eigenvalue weighted by Crippen LogP contribution is 2.45. The van der Waals surface area contributed by atoms with E-state index in [9.17, 15) is 9.50 Å². The number of aliphatic hydroxyl groups excluding tert-OH is 1. The van der Waals surface area contributed by atoms with E-state index in [1.165, 1.54) is 51.0 Å². The van der Waals surface area contributed by atoms with E-state index in [4.69, 9.17) is 0 Å². The van der Waals surface area contributed by atoms with Gasteiger partial charge in [0.25, 0.3) is 0 Å². The monoisotopic (exact) mass is 277 g/mol. The zero-order valence-electron chi connectivity index (χ0n) is 12.1. The number of rotatable bonds is 2. The Hall–Kier alpha value is -1.09. The van der Waals surface area contributed by atoms with Crippen LogP contribution in [-0.2, 0) is 6.61 Å². The third kappa shape index (κ3) is 2.56. The molecule has 1 heterocycles. The van der Waals surface area contributed by atoms with Crippen molar-refractivity contribution in [3.05, 3.63) is 29.6 Å². The van der Waals surface area contributed by atoms with Gasteiger partial charge in [-0.25, -0.2) is 4.39 Å². The van der Waals surface area contributed by atoms with Crippen LogP contribution in [0.4, 0.5) is 10.1 Å². The Kier molecular flexibility index (Phi) is 3.97. The van der Waals surface area contributed by atoms with Crippen LogP contribution in [0.5, 0.6) is 0 Å². The van der Waals surface area contributed by atoms with Crippen molar-refractivity contribution in [3.8, 4) is 0 Å². The molecule has 0 atom stereocenters. The summed E-state index contributed by atoms with van der Waals surface area (Å²) >= 11 is 0. The zero-order chi connectivity index (χ0) is 14.0. The first-order valence-electron chi connectivity index (χ1n) is 7.87. The molecule has 20 heavy (non-hydrogen) atoms. The molecule has 0 radical (unpaired) electrons. The van der Waals surface area contributed by atoms with Crippen LogP contribution in [-0.4, -0.2) is 18.2 Å². The van der Waals surface area contributed by atoms with Crippen molar-refractivity contribution in [3.63, 3.8) is 0 Å². The van der Waals surface area contributed by atoms with Gasteiger partial charge < -0.3 is 10.0 Å². The molecule has 1 saturated carbocycles. The predicted molar refractivity (Wildman–Crippen MR) is 79.3 cm³/mol. The number of hydrogen-bond donors (Lipinski definition) is 1. The molecule has 2 nitrogen and oxygen atoms in total. The molecule has 1 saturated heterocycles. The molecule has 2 fully saturated rings. The van der Waals surface area contributed by atoms with Crippen molar-refractivity contribution in [2.75, 3.05) is 18.0 Å². The lowest BCUT2D eigenvalue weighted by Crippen LogP contribution is -2.41. The van der Waals surface area contributed by atoms with Crippen LogP contribution >= 0.6 is 0 Å². The fraction of sp³-hybridized carbons (Fsp3) is 0.647. The number of halogens is 1. The van der Waals surface area contributed by atoms with Gasteiger partial charge >= 0.3 is 0 Å². The summed E-state index contributed by atoms with van der Waals surface area (Å²) in [4.78, 5) is 2.26. The molecule has 1 aromatic carbocycles. The molecule has 110 valence electrons. The van der Waals surface area contributed by atoms with E-state index in [2.05, 4.69) is 4.90 Å². The molecule has 3 rings (SSSR count). The fourth-order valence-electron chi connectivity index (χ4n) is 4.02. The van der Waals surface area contributed by atoms with E-state index in [1.54, 1.807) is 6.07 Å². The van der Waals surface area contributed by atoms with E-state index >= 15 is 0 Å². The van der Waals surface area contributed by atoms with Crippen LogP contribution in [0.1, 0.15) is 50.5 Å². The normalized spacial score (nSPS) is 22.2. The van der Waals surface area contributed by atoms with Gasteiger partial charge in [-0.05, 0) is 43.2 Å². The van der Waals surface area contributed by atoms with Gasteiger partial charge in [-0.1, -0.05) is 25.3 Å². The second kappa shape index (κ2) is 5.72. The number of anilines is 1. The Morgan fingerprint density at radius 1 is 1.05 bits per heavy atom. The molecule has 3 heteroatoms. The minimum Gasteiger partial charge on any atom is -0.391 e. The van der Waals surface area contributed by atoms with Gasteiger partial charge in [0.15, 0.2) is 0 Å². The van der Waals surface area contributed by atoms with Gasteiger partial charge in [-0.3, -0.25) is 0 Å². The summed E-state index contributed by atoms with van der Waals surface area (Å²) in [6, 6.07) is 5.12. The summed E-state index contributed by atoms with van der Waals surface area (Å²) < 4.78 is 13.8. The molecular formula is C17H24FNO. The standard InChI is InChI=1S/C17H24FNO/c18-15-5-4-6-16(14(15)13-20)19-11-9-17(10-12-19)7-2-1-3-8-17/h4-6,20H,1-3,7-13H2. The molecule has 0 aromatic heterocycles. The molecule has 1 spiro atoms. The molecule has 0 bridgehead atoms. The highest BCUT2D eigenvalue weighted by atomic mass is 19.1. The summed E-state index contributed by atoms with van der Waals surface area (Å²) in [5.74, 6) is -0.289. The van der Waals surface area contributed by atoms with Crippen molar-refractivity contribution in [2.45, 2.75) is 51.6 Å². The fourth-order valence-corrected chi connectivity index (χ4v) is 4.02. The van der Waals surface area contributed by atoms with Gasteiger partial charge in [0.2, 0.25) is 0 Å². The maximum Gasteiger partial charge on any atom is 0.130 e. The lowest BCUT2D eigenvalue weighted by molar-refractivity contribution is 0.144. The Morgan fingerprint density at radius 3 is 2.40 bits per heavy atom. The van der Waals surface area contributed by atoms with Gasteiger partial charge in [0.1, 0.15) is 5.82 Å². The van der Waals surface area contributed by atoms with Gasteiger partial charge in [-0.15, -0.1) is 0 Å². The third-order valence-electron chi connectivity index (χ3n) is 5.33. The Morgan fingerprint density at radius 2 is 1.75 bits per heavy atom. The molecule has 0 unspecified atom stereocenters. The molecule has 1 N–H and O–H groups in total. The molecule has 1 aromatic rings. The zero-order valence-corrected chi connectivity index (χ0v) is 12.1. The predicted octanol–water partition coefficient (Wildman–Crippen LogP) is 3.87. The minimum atomic E-state index is -0.289. The summed E-state index contributed by atoms with van der Waals surface area (Å²) in [6.45, 7) is 1.77. The second-order valence-corrected chi connectivity index (χ2v) is 6.44. The van der Waals surface area contributed by atoms with Crippen molar-refractivity contribution >= 4 is 5.69 Å². The molecule has 0 amide bonds. The van der Waals surface area contributed by atoms with Crippen molar-refractivity contribution in [2.24, 2.45) is 5.41 Å². The minimum absolute atomic E-state index is 0.219. The first-order chi connectivity index (χ1) is 9.74. The van der Waals surface area contributed by atoms with E-state index in [1.807, 2.05) is 6.07 Å². The molecule has 1 aliphatic carbocycles. The van der Waals surface area contributed by atoms with Crippen LogP contribution in [0.25, 0.3) is 0 Å². The molecular weight excluding hydrogens is 253 g/mol. The Balaban J connectivity index is 1.73. The lowest BCUT2D eigenvalue weighted by atomic mass is 9.68. The largest absolute Gasteiger partial charge is 0.391 e. The second-order valence-electron chi connectivity index (χ2n) is 6.44. The number of nitrogens with zero attached hydrogens (tertiary/aromatic N) is 1. The highest BCUT2D eigenvalue weighted by Gasteiger charge is 2.35. The lowest BCUT2D eigenvalue weighted by Gasteiger charge is -2.45. The Bertz CT molecular complexity index is 458. The maximum absolute atomic E-state index is 13.8. The van der Waals surface area contributed by atoms with Crippen LogP contribution < -0.4 is 4.90 Å². The highest BCUT2D eigenvalue weighted by molar-refractivity contribution is 5.54. The summed E-state index contributed by atoms with van der Waals surface area (Å²) in [7, 11) is 0. The first-order valence-corrected chi connectivity index (χ1v) is 7.87. The maximum atomic E-state index is 13.8. The number of benzene rings is 1. The number of aliphatic hydroxyl groups is 1. The van der Waals surface area contributed by atoms with E-state index in [0.717, 1.165) is 18.8 Å². The molecule has 1 aliphatic heterocycles.